The molecule has 0 bridgehead atoms. The van der Waals surface area contributed by atoms with Crippen molar-refractivity contribution < 1.29 is 8.42 Å². The van der Waals surface area contributed by atoms with Crippen LogP contribution in [0.3, 0.4) is 0 Å². The first kappa shape index (κ1) is 14.4. The van der Waals surface area contributed by atoms with E-state index in [1.807, 2.05) is 0 Å². The largest absolute Gasteiger partial charge is 0.398 e. The molecule has 0 unspecified atom stereocenters. The van der Waals surface area contributed by atoms with E-state index in [9.17, 15) is 8.42 Å². The average Bonchev–Trinajstić information content (AvgIpc) is 2.34. The summed E-state index contributed by atoms with van der Waals surface area (Å²) < 4.78 is 28.3. The molecular weight excluding hydrogens is 396 g/mol. The van der Waals surface area contributed by atoms with Gasteiger partial charge in [0.05, 0.1) is 10.6 Å². The molecule has 0 aromatic heterocycles. The second-order valence-corrected chi connectivity index (χ2v) is 7.25. The number of halogens is 2. The van der Waals surface area contributed by atoms with Crippen LogP contribution in [0.15, 0.2) is 56.3 Å². The molecule has 0 radical (unpaired) electrons. The second-order valence-electron chi connectivity index (χ2n) is 3.80. The van der Waals surface area contributed by atoms with Crippen molar-refractivity contribution in [3.05, 3.63) is 51.4 Å². The molecule has 0 spiro atoms. The maximum atomic E-state index is 12.1. The van der Waals surface area contributed by atoms with Crippen LogP contribution in [0.5, 0.6) is 0 Å². The van der Waals surface area contributed by atoms with Crippen LogP contribution in [-0.2, 0) is 10.0 Å². The molecule has 0 aliphatic rings. The summed E-state index contributed by atoms with van der Waals surface area (Å²) in [7, 11) is -3.60. The molecule has 0 fully saturated rings. The molecule has 0 heterocycles. The standard InChI is InChI=1S/C12H10Br2N2O2S/c13-8-1-4-10(5-2-8)19(17,18)16-9-3-6-11(14)12(15)7-9/h1-7,16H,15H2. The lowest BCUT2D eigenvalue weighted by Gasteiger charge is -2.09. The Labute approximate surface area is 128 Å². The highest BCUT2D eigenvalue weighted by Gasteiger charge is 2.14. The molecule has 0 aliphatic heterocycles. The molecule has 0 amide bonds. The number of sulfonamides is 1. The summed E-state index contributed by atoms with van der Waals surface area (Å²) in [5.41, 5.74) is 6.60. The first-order valence-corrected chi connectivity index (χ1v) is 8.29. The van der Waals surface area contributed by atoms with Gasteiger partial charge in [0.2, 0.25) is 0 Å². The Morgan fingerprint density at radius 1 is 1.00 bits per heavy atom. The van der Waals surface area contributed by atoms with E-state index < -0.39 is 10.0 Å². The zero-order valence-corrected chi connectivity index (χ0v) is 13.6. The third-order valence-corrected chi connectivity index (χ3v) is 5.02. The highest BCUT2D eigenvalue weighted by atomic mass is 79.9. The molecular formula is C12H10Br2N2O2S. The summed E-state index contributed by atoms with van der Waals surface area (Å²) in [4.78, 5) is 0.192. The predicted octanol–water partition coefficient (Wildman–Crippen LogP) is 3.59. The lowest BCUT2D eigenvalue weighted by molar-refractivity contribution is 0.601. The van der Waals surface area contributed by atoms with Crippen molar-refractivity contribution >= 4 is 53.3 Å². The van der Waals surface area contributed by atoms with Gasteiger partial charge >= 0.3 is 0 Å². The van der Waals surface area contributed by atoms with Crippen LogP contribution >= 0.6 is 31.9 Å². The molecule has 2 rings (SSSR count). The Hall–Kier alpha value is -1.05. The molecule has 7 heteroatoms. The smallest absolute Gasteiger partial charge is 0.261 e. The third kappa shape index (κ3) is 3.49. The van der Waals surface area contributed by atoms with Gasteiger partial charge in [-0.3, -0.25) is 4.72 Å². The molecule has 0 saturated heterocycles. The van der Waals surface area contributed by atoms with Crippen molar-refractivity contribution in [3.8, 4) is 0 Å². The lowest BCUT2D eigenvalue weighted by Crippen LogP contribution is -2.13. The second kappa shape index (κ2) is 5.52. The summed E-state index contributed by atoms with van der Waals surface area (Å²) in [5, 5.41) is 0. The van der Waals surface area contributed by atoms with Gasteiger partial charge in [0.25, 0.3) is 10.0 Å². The zero-order chi connectivity index (χ0) is 14.0. The maximum Gasteiger partial charge on any atom is 0.261 e. The van der Waals surface area contributed by atoms with Crippen LogP contribution in [0.2, 0.25) is 0 Å². The van der Waals surface area contributed by atoms with E-state index in [-0.39, 0.29) is 4.90 Å². The molecule has 4 nitrogen and oxygen atoms in total. The van der Waals surface area contributed by atoms with Gasteiger partial charge < -0.3 is 5.73 Å². The van der Waals surface area contributed by atoms with Gasteiger partial charge in [-0.15, -0.1) is 0 Å². The van der Waals surface area contributed by atoms with Crippen LogP contribution in [0.25, 0.3) is 0 Å². The summed E-state index contributed by atoms with van der Waals surface area (Å²) in [6, 6.07) is 11.3. The van der Waals surface area contributed by atoms with Crippen molar-refractivity contribution in [1.29, 1.82) is 0 Å². The third-order valence-electron chi connectivity index (χ3n) is 2.37. The van der Waals surface area contributed by atoms with E-state index in [1.54, 1.807) is 30.3 Å². The molecule has 0 atom stereocenters. The van der Waals surface area contributed by atoms with Crippen molar-refractivity contribution in [2.45, 2.75) is 4.90 Å². The number of nitrogens with one attached hydrogen (secondary N) is 1. The van der Waals surface area contributed by atoms with Crippen LogP contribution in [0.4, 0.5) is 11.4 Å². The Balaban J connectivity index is 2.30. The quantitative estimate of drug-likeness (QED) is 0.766. The van der Waals surface area contributed by atoms with Gasteiger partial charge in [0.15, 0.2) is 0 Å². The van der Waals surface area contributed by atoms with E-state index in [2.05, 4.69) is 36.6 Å². The summed E-state index contributed by atoms with van der Waals surface area (Å²) in [6.07, 6.45) is 0. The molecule has 0 aliphatic carbocycles. The summed E-state index contributed by atoms with van der Waals surface area (Å²) in [6.45, 7) is 0. The minimum absolute atomic E-state index is 0.192. The number of hydrogen-bond donors (Lipinski definition) is 2. The van der Waals surface area contributed by atoms with Gasteiger partial charge in [-0.05, 0) is 58.4 Å². The van der Waals surface area contributed by atoms with Crippen molar-refractivity contribution in [3.63, 3.8) is 0 Å². The topological polar surface area (TPSA) is 72.2 Å². The molecule has 2 aromatic rings. The molecule has 3 N–H and O–H groups in total. The number of nitrogen functional groups attached to an aromatic ring is 1. The van der Waals surface area contributed by atoms with Crippen molar-refractivity contribution in [2.75, 3.05) is 10.5 Å². The molecule has 2 aromatic carbocycles. The monoisotopic (exact) mass is 404 g/mol. The van der Waals surface area contributed by atoms with E-state index >= 15 is 0 Å². The molecule has 19 heavy (non-hydrogen) atoms. The van der Waals surface area contributed by atoms with Crippen LogP contribution in [0, 0.1) is 0 Å². The fourth-order valence-electron chi connectivity index (χ4n) is 1.44. The Morgan fingerprint density at radius 3 is 2.21 bits per heavy atom. The summed E-state index contributed by atoms with van der Waals surface area (Å²) >= 11 is 6.51. The maximum absolute atomic E-state index is 12.1. The fourth-order valence-corrected chi connectivity index (χ4v) is 3.00. The Morgan fingerprint density at radius 2 is 1.63 bits per heavy atom. The van der Waals surface area contributed by atoms with Gasteiger partial charge in [0, 0.05) is 14.6 Å². The minimum atomic E-state index is -3.60. The van der Waals surface area contributed by atoms with Crippen LogP contribution < -0.4 is 10.5 Å². The van der Waals surface area contributed by atoms with Crippen molar-refractivity contribution in [2.24, 2.45) is 0 Å². The fraction of sp³-hybridized carbons (Fsp3) is 0. The predicted molar refractivity (Wildman–Crippen MR) is 83.5 cm³/mol. The Kier molecular flexibility index (Phi) is 4.17. The van der Waals surface area contributed by atoms with E-state index in [1.165, 1.54) is 12.1 Å². The summed E-state index contributed by atoms with van der Waals surface area (Å²) in [5.74, 6) is 0. The van der Waals surface area contributed by atoms with Crippen molar-refractivity contribution in [1.82, 2.24) is 0 Å². The van der Waals surface area contributed by atoms with Crippen LogP contribution in [0.1, 0.15) is 0 Å². The number of anilines is 2. The number of nitrogens with two attached hydrogens (primary N) is 1. The van der Waals surface area contributed by atoms with Crippen LogP contribution in [-0.4, -0.2) is 8.42 Å². The number of benzene rings is 2. The Bertz CT molecular complexity index is 700. The highest BCUT2D eigenvalue weighted by molar-refractivity contribution is 9.10. The van der Waals surface area contributed by atoms with Gasteiger partial charge in [0.1, 0.15) is 0 Å². The minimum Gasteiger partial charge on any atom is -0.398 e. The van der Waals surface area contributed by atoms with Gasteiger partial charge in [-0.2, -0.15) is 0 Å². The number of rotatable bonds is 3. The average molecular weight is 406 g/mol. The van der Waals surface area contributed by atoms with Gasteiger partial charge in [-0.25, -0.2) is 8.42 Å². The lowest BCUT2D eigenvalue weighted by atomic mass is 10.3. The highest BCUT2D eigenvalue weighted by Crippen LogP contribution is 2.25. The first-order chi connectivity index (χ1) is 8.88. The SMILES string of the molecule is Nc1cc(NS(=O)(=O)c2ccc(Br)cc2)ccc1Br. The number of hydrogen-bond acceptors (Lipinski definition) is 3. The molecule has 0 saturated carbocycles. The first-order valence-electron chi connectivity index (χ1n) is 5.22. The van der Waals surface area contributed by atoms with E-state index in [0.717, 1.165) is 8.95 Å². The molecule has 100 valence electrons. The normalized spacial score (nSPS) is 11.3. The zero-order valence-electron chi connectivity index (χ0n) is 9.60. The van der Waals surface area contributed by atoms with Gasteiger partial charge in [-0.1, -0.05) is 15.9 Å². The van der Waals surface area contributed by atoms with E-state index in [0.29, 0.717) is 11.4 Å². The van der Waals surface area contributed by atoms with E-state index in [4.69, 9.17) is 5.73 Å².